The summed E-state index contributed by atoms with van der Waals surface area (Å²) in [4.78, 5) is 12.3. The summed E-state index contributed by atoms with van der Waals surface area (Å²) in [5.41, 5.74) is 0.262. The highest BCUT2D eigenvalue weighted by molar-refractivity contribution is 7.86. The van der Waals surface area contributed by atoms with Gasteiger partial charge in [0.2, 0.25) is 0 Å². The number of hydrogen-bond donors (Lipinski definition) is 0. The summed E-state index contributed by atoms with van der Waals surface area (Å²) in [7, 11) is -1.65. The maximum atomic E-state index is 12.2. The van der Waals surface area contributed by atoms with E-state index >= 15 is 0 Å². The van der Waals surface area contributed by atoms with Crippen molar-refractivity contribution in [1.82, 2.24) is 0 Å². The van der Waals surface area contributed by atoms with Crippen LogP contribution in [0.15, 0.2) is 29.2 Å². The van der Waals surface area contributed by atoms with Crippen molar-refractivity contribution in [3.63, 3.8) is 0 Å². The highest BCUT2D eigenvalue weighted by Gasteiger charge is 2.20. The summed E-state index contributed by atoms with van der Waals surface area (Å²) in [6.07, 6.45) is 0. The van der Waals surface area contributed by atoms with Gasteiger partial charge >= 0.3 is 0 Å². The van der Waals surface area contributed by atoms with E-state index in [-0.39, 0.29) is 36.4 Å². The summed E-state index contributed by atoms with van der Waals surface area (Å²) in [6.45, 7) is 0. The van der Waals surface area contributed by atoms with Crippen molar-refractivity contribution in [2.75, 3.05) is 5.75 Å². The molecule has 1 atom stereocenters. The van der Waals surface area contributed by atoms with Gasteiger partial charge in [-0.3, -0.25) is 9.00 Å². The largest absolute Gasteiger partial charge is 0.293 e. The zero-order valence-corrected chi connectivity index (χ0v) is 14.3. The first kappa shape index (κ1) is 16.3. The number of hydrogen-bond acceptors (Lipinski definition) is 3. The molecule has 0 aliphatic carbocycles. The lowest BCUT2D eigenvalue weighted by Gasteiger charge is -2.06. The second-order valence-electron chi connectivity index (χ2n) is 3.70. The molecule has 2 aromatic rings. The van der Waals surface area contributed by atoms with Gasteiger partial charge in [0, 0.05) is 5.56 Å². The normalized spacial score (nSPS) is 12.4. The first-order valence-electron chi connectivity index (χ1n) is 5.20. The van der Waals surface area contributed by atoms with Crippen molar-refractivity contribution in [1.29, 1.82) is 0 Å². The minimum Gasteiger partial charge on any atom is -0.293 e. The van der Waals surface area contributed by atoms with Crippen LogP contribution in [0.25, 0.3) is 0 Å². The molecule has 1 unspecified atom stereocenters. The quantitative estimate of drug-likeness (QED) is 0.662. The molecule has 2 nitrogen and oxygen atoms in total. The van der Waals surface area contributed by atoms with Gasteiger partial charge in [-0.1, -0.05) is 52.5 Å². The van der Waals surface area contributed by atoms with Crippen LogP contribution in [0.3, 0.4) is 0 Å². The predicted octanol–water partition coefficient (Wildman–Crippen LogP) is 5.35. The monoisotopic (exact) mass is 386 g/mol. The van der Waals surface area contributed by atoms with Crippen molar-refractivity contribution in [2.45, 2.75) is 4.90 Å². The Morgan fingerprint density at radius 3 is 2.25 bits per heavy atom. The van der Waals surface area contributed by atoms with E-state index in [0.717, 1.165) is 11.3 Å². The fourth-order valence-corrected chi connectivity index (χ4v) is 5.02. The lowest BCUT2D eigenvalue weighted by Crippen LogP contribution is -2.11. The minimum atomic E-state index is -1.65. The molecule has 0 radical (unpaired) electrons. The maximum Gasteiger partial charge on any atom is 0.178 e. The van der Waals surface area contributed by atoms with E-state index in [1.165, 1.54) is 6.07 Å². The average molecular weight is 388 g/mol. The number of Topliss-reactive ketones (excluding diaryl/α,β-unsaturated/α-hetero) is 1. The summed E-state index contributed by atoms with van der Waals surface area (Å²) >= 11 is 24.7. The Labute approximate surface area is 142 Å². The molecule has 8 heteroatoms. The molecule has 0 saturated carbocycles. The molecule has 0 spiro atoms. The van der Waals surface area contributed by atoms with Crippen molar-refractivity contribution >= 4 is 74.3 Å². The first-order valence-corrected chi connectivity index (χ1v) is 8.85. The van der Waals surface area contributed by atoms with Crippen LogP contribution in [0.5, 0.6) is 0 Å². The van der Waals surface area contributed by atoms with Crippen LogP contribution in [0.1, 0.15) is 10.4 Å². The van der Waals surface area contributed by atoms with E-state index in [1.54, 1.807) is 18.2 Å². The fourth-order valence-electron chi connectivity index (χ4n) is 1.50. The standard InChI is InChI=1S/C12H6Cl4O2S2/c13-7-2-1-3-8(14)11(7)20(18)5-9(17)6-4-10(15)19-12(6)16/h1-4H,5H2. The Hall–Kier alpha value is -0.100. The van der Waals surface area contributed by atoms with Gasteiger partial charge in [-0.05, 0) is 18.2 Å². The van der Waals surface area contributed by atoms with E-state index < -0.39 is 10.8 Å². The van der Waals surface area contributed by atoms with E-state index in [1.807, 2.05) is 0 Å². The van der Waals surface area contributed by atoms with Gasteiger partial charge < -0.3 is 0 Å². The molecular formula is C12H6Cl4O2S2. The minimum absolute atomic E-state index is 0.252. The maximum absolute atomic E-state index is 12.2. The van der Waals surface area contributed by atoms with E-state index in [9.17, 15) is 9.00 Å². The fraction of sp³-hybridized carbons (Fsp3) is 0.0833. The van der Waals surface area contributed by atoms with Crippen LogP contribution in [-0.4, -0.2) is 15.7 Å². The summed E-state index contributed by atoms with van der Waals surface area (Å²) in [5.74, 6) is -0.622. The molecule has 2 rings (SSSR count). The molecule has 0 saturated heterocycles. The van der Waals surface area contributed by atoms with Gasteiger partial charge in [0.25, 0.3) is 0 Å². The Morgan fingerprint density at radius 1 is 1.15 bits per heavy atom. The molecular weight excluding hydrogens is 382 g/mol. The second-order valence-corrected chi connectivity index (χ2v) is 8.19. The first-order chi connectivity index (χ1) is 9.40. The average Bonchev–Trinajstić information content (AvgIpc) is 2.68. The Morgan fingerprint density at radius 2 is 1.75 bits per heavy atom. The number of halogens is 4. The van der Waals surface area contributed by atoms with Crippen molar-refractivity contribution in [3.05, 3.63) is 48.5 Å². The molecule has 1 aromatic carbocycles. The Kier molecular flexibility index (Phi) is 5.51. The molecule has 0 fully saturated rings. The van der Waals surface area contributed by atoms with Gasteiger partial charge in [-0.15, -0.1) is 11.3 Å². The molecule has 0 bridgehead atoms. The highest BCUT2D eigenvalue weighted by atomic mass is 35.5. The van der Waals surface area contributed by atoms with Gasteiger partial charge in [0.1, 0.15) is 4.34 Å². The topological polar surface area (TPSA) is 34.1 Å². The lowest BCUT2D eigenvalue weighted by molar-refractivity contribution is 0.102. The molecule has 106 valence electrons. The lowest BCUT2D eigenvalue weighted by atomic mass is 10.2. The number of carbonyl (C=O) groups excluding carboxylic acids is 1. The number of rotatable bonds is 4. The summed E-state index contributed by atoms with van der Waals surface area (Å²) < 4.78 is 12.9. The smallest absolute Gasteiger partial charge is 0.178 e. The molecule has 20 heavy (non-hydrogen) atoms. The zero-order valence-electron chi connectivity index (χ0n) is 9.66. The van der Waals surface area contributed by atoms with Crippen LogP contribution in [-0.2, 0) is 10.8 Å². The van der Waals surface area contributed by atoms with Crippen LogP contribution in [0.4, 0.5) is 0 Å². The Balaban J connectivity index is 2.24. The van der Waals surface area contributed by atoms with Crippen LogP contribution in [0, 0.1) is 0 Å². The number of ketones is 1. The van der Waals surface area contributed by atoms with Crippen molar-refractivity contribution in [3.8, 4) is 0 Å². The molecule has 0 aliphatic rings. The van der Waals surface area contributed by atoms with Gasteiger partial charge in [0.15, 0.2) is 5.78 Å². The Bertz CT molecular complexity index is 677. The van der Waals surface area contributed by atoms with Crippen LogP contribution < -0.4 is 0 Å². The zero-order chi connectivity index (χ0) is 14.9. The molecule has 0 N–H and O–H groups in total. The predicted molar refractivity (Wildman–Crippen MR) is 86.4 cm³/mol. The summed E-state index contributed by atoms with van der Waals surface area (Å²) in [5, 5.41) is 0.524. The number of thiophene rings is 1. The third-order valence-corrected chi connectivity index (χ3v) is 6.13. The molecule has 0 aliphatic heterocycles. The third kappa shape index (κ3) is 3.56. The molecule has 1 aromatic heterocycles. The van der Waals surface area contributed by atoms with Crippen molar-refractivity contribution < 1.29 is 9.00 Å². The van der Waals surface area contributed by atoms with Crippen LogP contribution >= 0.6 is 57.7 Å². The van der Waals surface area contributed by atoms with E-state index in [4.69, 9.17) is 46.4 Å². The third-order valence-electron chi connectivity index (χ3n) is 2.37. The van der Waals surface area contributed by atoms with Crippen LogP contribution in [0.2, 0.25) is 18.7 Å². The van der Waals surface area contributed by atoms with Gasteiger partial charge in [0.05, 0.1) is 35.8 Å². The number of carbonyl (C=O) groups is 1. The van der Waals surface area contributed by atoms with Gasteiger partial charge in [-0.25, -0.2) is 0 Å². The van der Waals surface area contributed by atoms with E-state index in [2.05, 4.69) is 0 Å². The van der Waals surface area contributed by atoms with E-state index in [0.29, 0.717) is 4.34 Å². The second kappa shape index (κ2) is 6.77. The van der Waals surface area contributed by atoms with Crippen molar-refractivity contribution in [2.24, 2.45) is 0 Å². The molecule has 0 amide bonds. The SMILES string of the molecule is O=C(CS(=O)c1c(Cl)cccc1Cl)c1cc(Cl)sc1Cl. The van der Waals surface area contributed by atoms with Gasteiger partial charge in [-0.2, -0.15) is 0 Å². The number of benzene rings is 1. The highest BCUT2D eigenvalue weighted by Crippen LogP contribution is 2.32. The summed E-state index contributed by atoms with van der Waals surface area (Å²) in [6, 6.07) is 6.24. The molecule has 1 heterocycles.